The van der Waals surface area contributed by atoms with E-state index in [0.717, 1.165) is 51.5 Å². The van der Waals surface area contributed by atoms with Crippen molar-refractivity contribution in [3.63, 3.8) is 0 Å². The number of rotatable bonds is 12. The summed E-state index contributed by atoms with van der Waals surface area (Å²) >= 11 is 6.55. The third-order valence-corrected chi connectivity index (χ3v) is 9.34. The molecule has 2 saturated carbocycles. The second kappa shape index (κ2) is 14.6. The van der Waals surface area contributed by atoms with Crippen molar-refractivity contribution in [1.82, 2.24) is 15.2 Å². The lowest BCUT2D eigenvalue weighted by Crippen LogP contribution is -2.64. The third-order valence-electron chi connectivity index (χ3n) is 9.03. The number of aromatic nitrogens is 1. The Morgan fingerprint density at radius 1 is 0.978 bits per heavy atom. The van der Waals surface area contributed by atoms with E-state index >= 15 is 0 Å². The molecule has 5 rings (SSSR count). The first-order chi connectivity index (χ1) is 22.2. The van der Waals surface area contributed by atoms with Crippen molar-refractivity contribution in [2.24, 2.45) is 11.8 Å². The van der Waals surface area contributed by atoms with Gasteiger partial charge in [0.05, 0.1) is 37.1 Å². The van der Waals surface area contributed by atoms with Gasteiger partial charge in [0.1, 0.15) is 22.9 Å². The number of carboxylic acid groups (broad SMARTS) is 1. The molecule has 2 aromatic carbocycles. The first-order valence-corrected chi connectivity index (χ1v) is 16.1. The molecule has 1 aromatic heterocycles. The van der Waals surface area contributed by atoms with Gasteiger partial charge in [-0.05, 0) is 82.6 Å². The molecule has 1 heterocycles. The molecule has 2 fully saturated rings. The summed E-state index contributed by atoms with van der Waals surface area (Å²) < 4.78 is 23.1. The fourth-order valence-corrected chi connectivity index (χ4v) is 7.10. The van der Waals surface area contributed by atoms with E-state index in [4.69, 9.17) is 35.5 Å². The van der Waals surface area contributed by atoms with Crippen LogP contribution in [0.3, 0.4) is 0 Å². The van der Waals surface area contributed by atoms with Gasteiger partial charge in [0, 0.05) is 29.5 Å². The van der Waals surface area contributed by atoms with Gasteiger partial charge in [-0.15, -0.1) is 0 Å². The predicted octanol–water partition coefficient (Wildman–Crippen LogP) is 7.14. The summed E-state index contributed by atoms with van der Waals surface area (Å²) in [6, 6.07) is 14.3. The number of benzene rings is 2. The van der Waals surface area contributed by atoms with Crippen molar-refractivity contribution in [2.75, 3.05) is 41.5 Å². The quantitative estimate of drug-likeness (QED) is 0.120. The van der Waals surface area contributed by atoms with Crippen LogP contribution < -0.4 is 19.5 Å². The largest absolute Gasteiger partial charge is 0.507 e. The number of amides is 1. The Bertz CT molecular complexity index is 1520. The molecule has 246 valence electrons. The van der Waals surface area contributed by atoms with Gasteiger partial charge >= 0.3 is 6.16 Å². The lowest BCUT2D eigenvalue weighted by atomic mass is 9.65. The molecule has 0 radical (unpaired) electrons. The predicted molar refractivity (Wildman–Crippen MR) is 176 cm³/mol. The van der Waals surface area contributed by atoms with Crippen molar-refractivity contribution < 1.29 is 33.6 Å². The summed E-state index contributed by atoms with van der Waals surface area (Å²) in [5.74, 6) is 0.931. The number of nitrogens with one attached hydrogen (secondary N) is 1. The average molecular weight is 652 g/mol. The number of hydrogen-bond acceptors (Lipinski definition) is 8. The minimum absolute atomic E-state index is 0.0971. The monoisotopic (exact) mass is 651 g/mol. The maximum absolute atomic E-state index is 14.0. The Kier molecular flexibility index (Phi) is 10.6. The van der Waals surface area contributed by atoms with E-state index in [1.54, 1.807) is 32.4 Å². The van der Waals surface area contributed by atoms with Gasteiger partial charge < -0.3 is 34.3 Å². The second-order valence-corrected chi connectivity index (χ2v) is 12.6. The van der Waals surface area contributed by atoms with E-state index in [1.807, 2.05) is 44.4 Å². The van der Waals surface area contributed by atoms with Gasteiger partial charge in [0.15, 0.2) is 5.72 Å². The number of ether oxygens (including phenoxy) is 4. The van der Waals surface area contributed by atoms with Gasteiger partial charge in [0.25, 0.3) is 5.91 Å². The van der Waals surface area contributed by atoms with Crippen LogP contribution in [0.1, 0.15) is 55.4 Å². The Labute approximate surface area is 275 Å². The van der Waals surface area contributed by atoms with Gasteiger partial charge in [-0.1, -0.05) is 36.6 Å². The van der Waals surface area contributed by atoms with Crippen LogP contribution in [0.5, 0.6) is 17.2 Å². The summed E-state index contributed by atoms with van der Waals surface area (Å²) in [5, 5.41) is 13.2. The molecule has 2 aliphatic carbocycles. The van der Waals surface area contributed by atoms with Crippen LogP contribution >= 0.6 is 11.6 Å². The number of carbonyl (C=O) groups excluding carboxylic acids is 1. The molecular weight excluding hydrogens is 610 g/mol. The van der Waals surface area contributed by atoms with Gasteiger partial charge in [0.2, 0.25) is 0 Å². The molecule has 3 aromatic rings. The van der Waals surface area contributed by atoms with Crippen LogP contribution in [0.25, 0.3) is 22.4 Å². The van der Waals surface area contributed by atoms with Crippen molar-refractivity contribution in [2.45, 2.75) is 50.7 Å². The average Bonchev–Trinajstić information content (AvgIpc) is 3.02. The highest BCUT2D eigenvalue weighted by atomic mass is 35.5. The zero-order valence-corrected chi connectivity index (χ0v) is 27.6. The molecule has 10 nitrogen and oxygen atoms in total. The minimum Gasteiger partial charge on any atom is -0.496 e. The second-order valence-electron chi connectivity index (χ2n) is 12.2. The molecule has 11 heteroatoms. The number of hydrogen-bond donors (Lipinski definition) is 2. The zero-order chi connectivity index (χ0) is 32.8. The minimum atomic E-state index is -1.40. The van der Waals surface area contributed by atoms with Crippen LogP contribution in [0.15, 0.2) is 48.5 Å². The lowest BCUT2D eigenvalue weighted by Gasteiger charge is -2.51. The molecule has 0 aliphatic heterocycles. The van der Waals surface area contributed by atoms with Crippen LogP contribution in [-0.4, -0.2) is 74.2 Å². The first kappa shape index (κ1) is 33.3. The normalized spacial score (nSPS) is 20.6. The fourth-order valence-electron chi connectivity index (χ4n) is 6.93. The molecule has 2 N–H and O–H groups in total. The summed E-state index contributed by atoms with van der Waals surface area (Å²) in [7, 11) is 7.18. The molecule has 0 atom stereocenters. The molecule has 0 unspecified atom stereocenters. The topological polar surface area (TPSA) is 119 Å². The smallest absolute Gasteiger partial charge is 0.496 e. The van der Waals surface area contributed by atoms with Crippen LogP contribution in [-0.2, 0) is 4.74 Å². The SMILES string of the molecule is COc1cccc(OC)c1-c1ccc(C(=O)NC2(OC(=O)O)C3CCCC2CCC3)nc1-c1ccc(Cl)c(OCCCN(C)C)c1. The number of pyridine rings is 1. The molecule has 2 aliphatic rings. The highest BCUT2D eigenvalue weighted by Gasteiger charge is 2.54. The van der Waals surface area contributed by atoms with Crippen molar-refractivity contribution in [3.05, 3.63) is 59.2 Å². The van der Waals surface area contributed by atoms with E-state index in [1.165, 1.54) is 0 Å². The maximum Gasteiger partial charge on any atom is 0.507 e. The van der Waals surface area contributed by atoms with Crippen molar-refractivity contribution >= 4 is 23.7 Å². The highest BCUT2D eigenvalue weighted by molar-refractivity contribution is 6.32. The van der Waals surface area contributed by atoms with E-state index in [2.05, 4.69) is 10.2 Å². The molecular formula is C35H42ClN3O7. The van der Waals surface area contributed by atoms with Gasteiger partial charge in [-0.2, -0.15) is 0 Å². The standard InChI is InChI=1S/C35H42ClN3O7/c1-39(2)19-8-20-45-30-21-22(15-17-26(30)36)32-25(31-28(43-3)13-7-14-29(31)44-4)16-18-27(37-32)33(40)38-35(46-34(41)42)23-9-5-10-24(35)12-6-11-23/h7,13-18,21,23-24H,5-6,8-12,19-20H2,1-4H3,(H,38,40)(H,41,42). The number of fused-ring (bicyclic) bond motifs is 2. The third kappa shape index (κ3) is 7.03. The van der Waals surface area contributed by atoms with Crippen molar-refractivity contribution in [3.8, 4) is 39.6 Å². The number of nitrogens with zero attached hydrogens (tertiary/aromatic N) is 2. The number of methoxy groups -OCH3 is 2. The van der Waals surface area contributed by atoms with E-state index in [0.29, 0.717) is 51.3 Å². The number of halogens is 1. The lowest BCUT2D eigenvalue weighted by molar-refractivity contribution is -0.148. The Morgan fingerprint density at radius 3 is 2.22 bits per heavy atom. The molecule has 1 amide bonds. The fraction of sp³-hybridized carbons (Fsp3) is 0.457. The Morgan fingerprint density at radius 2 is 1.63 bits per heavy atom. The molecule has 0 saturated heterocycles. The number of carbonyl (C=O) groups is 2. The maximum atomic E-state index is 14.0. The summed E-state index contributed by atoms with van der Waals surface area (Å²) in [4.78, 5) is 32.9. The van der Waals surface area contributed by atoms with E-state index in [-0.39, 0.29) is 17.5 Å². The van der Waals surface area contributed by atoms with Crippen LogP contribution in [0.2, 0.25) is 5.02 Å². The molecule has 0 spiro atoms. The Balaban J connectivity index is 1.59. The summed E-state index contributed by atoms with van der Waals surface area (Å²) in [5.41, 5.74) is 1.29. The molecule has 2 bridgehead atoms. The highest BCUT2D eigenvalue weighted by Crippen LogP contribution is 2.49. The van der Waals surface area contributed by atoms with Crippen LogP contribution in [0, 0.1) is 11.8 Å². The van der Waals surface area contributed by atoms with Gasteiger partial charge in [-0.25, -0.2) is 9.78 Å². The summed E-state index contributed by atoms with van der Waals surface area (Å²) in [6.45, 7) is 1.33. The van der Waals surface area contributed by atoms with E-state index < -0.39 is 17.8 Å². The Hall–Kier alpha value is -4.02. The summed E-state index contributed by atoms with van der Waals surface area (Å²) in [6.07, 6.45) is 4.52. The van der Waals surface area contributed by atoms with Gasteiger partial charge in [-0.3, -0.25) is 4.79 Å². The molecule has 46 heavy (non-hydrogen) atoms. The van der Waals surface area contributed by atoms with E-state index in [9.17, 15) is 14.7 Å². The van der Waals surface area contributed by atoms with Crippen LogP contribution in [0.4, 0.5) is 4.79 Å². The first-order valence-electron chi connectivity index (χ1n) is 15.7. The zero-order valence-electron chi connectivity index (χ0n) is 26.8. The van der Waals surface area contributed by atoms with Crippen molar-refractivity contribution in [1.29, 1.82) is 0 Å².